The van der Waals surface area contributed by atoms with Gasteiger partial charge >= 0.3 is 0 Å². The van der Waals surface area contributed by atoms with E-state index in [1.165, 1.54) is 30.7 Å². The van der Waals surface area contributed by atoms with E-state index in [0.717, 1.165) is 12.1 Å². The first-order valence-corrected chi connectivity index (χ1v) is 10.9. The van der Waals surface area contributed by atoms with Crippen LogP contribution in [0.5, 0.6) is 5.88 Å². The molecule has 0 spiro atoms. The monoisotopic (exact) mass is 534 g/mol. The van der Waals surface area contributed by atoms with Crippen LogP contribution in [0.25, 0.3) is 5.69 Å². The second-order valence-corrected chi connectivity index (χ2v) is 8.10. The van der Waals surface area contributed by atoms with Crippen LogP contribution in [0.4, 0.5) is 8.78 Å². The molecule has 0 bridgehead atoms. The van der Waals surface area contributed by atoms with E-state index in [-0.39, 0.29) is 46.7 Å². The van der Waals surface area contributed by atoms with Crippen molar-refractivity contribution in [2.75, 3.05) is 7.05 Å². The first kappa shape index (κ1) is 25.0. The third-order valence-electron chi connectivity index (χ3n) is 4.88. The molecule has 0 radical (unpaired) electrons. The van der Waals surface area contributed by atoms with Gasteiger partial charge in [-0.3, -0.25) is 19.0 Å². The maximum atomic E-state index is 14.0. The van der Waals surface area contributed by atoms with Crippen LogP contribution in [0.15, 0.2) is 45.7 Å². The van der Waals surface area contributed by atoms with E-state index < -0.39 is 17.2 Å². The maximum Gasteiger partial charge on any atom is 0.276 e. The zero-order valence-corrected chi connectivity index (χ0v) is 20.1. The third-order valence-corrected chi connectivity index (χ3v) is 5.56. The number of hydrogen-bond acceptors (Lipinski definition) is 5. The number of rotatable bonds is 7. The minimum atomic E-state index is -0.801. The Morgan fingerprint density at radius 2 is 1.91 bits per heavy atom. The van der Waals surface area contributed by atoms with Gasteiger partial charge in [-0.2, -0.15) is 4.98 Å². The molecular weight excluding hydrogens is 514 g/mol. The van der Waals surface area contributed by atoms with E-state index in [4.69, 9.17) is 4.74 Å². The maximum absolute atomic E-state index is 14.0. The fourth-order valence-corrected chi connectivity index (χ4v) is 3.49. The second kappa shape index (κ2) is 10.6. The first-order valence-electron chi connectivity index (χ1n) is 10.1. The highest BCUT2D eigenvalue weighted by atomic mass is 79.9. The largest absolute Gasteiger partial charge is 0.472 e. The van der Waals surface area contributed by atoms with Gasteiger partial charge in [-0.25, -0.2) is 8.78 Å². The molecular formula is C23H21BrF2N4O4. The lowest BCUT2D eigenvalue weighted by molar-refractivity contribution is -0.119. The molecule has 2 aromatic carbocycles. The lowest BCUT2D eigenvalue weighted by Gasteiger charge is -2.18. The molecule has 8 nitrogen and oxygen atoms in total. The fourth-order valence-electron chi connectivity index (χ4n) is 3.11. The zero-order valence-electron chi connectivity index (χ0n) is 18.5. The van der Waals surface area contributed by atoms with Gasteiger partial charge in [0.15, 0.2) is 0 Å². The molecule has 1 aromatic heterocycles. The van der Waals surface area contributed by atoms with Gasteiger partial charge in [-0.05, 0) is 52.7 Å². The minimum Gasteiger partial charge on any atom is -0.472 e. The summed E-state index contributed by atoms with van der Waals surface area (Å²) in [6, 6.07) is 7.88. The average molecular weight is 535 g/mol. The number of halogens is 3. The van der Waals surface area contributed by atoms with E-state index in [0.29, 0.717) is 16.8 Å². The molecule has 2 N–H and O–H groups in total. The van der Waals surface area contributed by atoms with Crippen molar-refractivity contribution in [2.45, 2.75) is 27.0 Å². The van der Waals surface area contributed by atoms with Gasteiger partial charge in [-0.15, -0.1) is 0 Å². The normalized spacial score (nSPS) is 10.6. The van der Waals surface area contributed by atoms with Crippen molar-refractivity contribution in [1.29, 1.82) is 0 Å². The van der Waals surface area contributed by atoms with Crippen molar-refractivity contribution in [3.63, 3.8) is 0 Å². The van der Waals surface area contributed by atoms with Crippen molar-refractivity contribution in [3.05, 3.63) is 85.4 Å². The fraction of sp³-hybridized carbons (Fsp3) is 0.217. The Kier molecular flexibility index (Phi) is 7.77. The summed E-state index contributed by atoms with van der Waals surface area (Å²) in [6.45, 7) is 2.63. The summed E-state index contributed by atoms with van der Waals surface area (Å²) in [5.74, 6) is -2.23. The van der Waals surface area contributed by atoms with Crippen molar-refractivity contribution in [3.8, 4) is 11.6 Å². The molecule has 3 rings (SSSR count). The molecule has 0 unspecified atom stereocenters. The number of aryl methyl sites for hydroxylation is 1. The minimum absolute atomic E-state index is 0.0497. The van der Waals surface area contributed by atoms with Crippen LogP contribution >= 0.6 is 15.9 Å². The Morgan fingerprint density at radius 3 is 2.56 bits per heavy atom. The van der Waals surface area contributed by atoms with Crippen LogP contribution in [0.2, 0.25) is 0 Å². The van der Waals surface area contributed by atoms with Crippen LogP contribution in [0.3, 0.4) is 0 Å². The van der Waals surface area contributed by atoms with Gasteiger partial charge in [0.2, 0.25) is 11.8 Å². The first-order chi connectivity index (χ1) is 16.1. The Morgan fingerprint density at radius 1 is 1.18 bits per heavy atom. The summed E-state index contributed by atoms with van der Waals surface area (Å²) in [5, 5.41) is 5.12. The van der Waals surface area contributed by atoms with E-state index in [9.17, 15) is 23.2 Å². The molecule has 0 fully saturated rings. The highest BCUT2D eigenvalue weighted by Gasteiger charge is 2.20. The molecule has 0 atom stereocenters. The lowest BCUT2D eigenvalue weighted by atomic mass is 10.1. The van der Waals surface area contributed by atoms with E-state index in [2.05, 4.69) is 31.5 Å². The quantitative estimate of drug-likeness (QED) is 0.484. The lowest BCUT2D eigenvalue weighted by Crippen LogP contribution is -2.30. The van der Waals surface area contributed by atoms with Crippen molar-refractivity contribution in [1.82, 2.24) is 20.2 Å². The van der Waals surface area contributed by atoms with Crippen LogP contribution in [-0.2, 0) is 17.9 Å². The number of aromatic nitrogens is 2. The molecule has 0 aliphatic heterocycles. The van der Waals surface area contributed by atoms with Gasteiger partial charge < -0.3 is 15.4 Å². The van der Waals surface area contributed by atoms with Gasteiger partial charge in [0.05, 0.1) is 12.2 Å². The molecule has 34 heavy (non-hydrogen) atoms. The number of nitrogens with zero attached hydrogens (tertiary/aromatic N) is 2. The van der Waals surface area contributed by atoms with Crippen molar-refractivity contribution >= 4 is 27.7 Å². The number of hydrogen-bond donors (Lipinski definition) is 2. The van der Waals surface area contributed by atoms with Gasteiger partial charge in [0, 0.05) is 31.2 Å². The summed E-state index contributed by atoms with van der Waals surface area (Å²) >= 11 is 3.19. The summed E-state index contributed by atoms with van der Waals surface area (Å²) in [5.41, 5.74) is 0.882. The predicted molar refractivity (Wildman–Crippen MR) is 124 cm³/mol. The number of carbonyl (C=O) groups is 2. The van der Waals surface area contributed by atoms with Crippen molar-refractivity contribution in [2.24, 2.45) is 0 Å². The number of ether oxygens (including phenoxy) is 1. The Labute approximate surface area is 202 Å². The Bertz CT molecular complexity index is 1330. The summed E-state index contributed by atoms with van der Waals surface area (Å²) in [4.78, 5) is 41.4. The molecule has 3 aromatic rings. The molecule has 0 saturated heterocycles. The van der Waals surface area contributed by atoms with Crippen LogP contribution in [0.1, 0.15) is 34.2 Å². The van der Waals surface area contributed by atoms with Crippen LogP contribution in [-0.4, -0.2) is 28.4 Å². The number of amides is 2. The standard InChI is InChI=1S/C23H21BrF2N4O4/c1-12-4-5-14(21(32)27-3)8-18(12)30-19(10-28-13(2)31)29-22(20(24)23(30)33)34-11-15-6-7-16(25)9-17(15)26/h4-9H,10-11H2,1-3H3,(H,27,32)(H,28,31). The molecule has 0 aliphatic carbocycles. The van der Waals surface area contributed by atoms with E-state index in [1.54, 1.807) is 19.1 Å². The molecule has 2 amide bonds. The molecule has 178 valence electrons. The third kappa shape index (κ3) is 5.48. The number of carbonyl (C=O) groups excluding carboxylic acids is 2. The summed E-state index contributed by atoms with van der Waals surface area (Å²) in [6.07, 6.45) is 0. The molecule has 0 saturated carbocycles. The van der Waals surface area contributed by atoms with Gasteiger partial charge in [-0.1, -0.05) is 6.07 Å². The topological polar surface area (TPSA) is 102 Å². The summed E-state index contributed by atoms with van der Waals surface area (Å²) in [7, 11) is 1.49. The molecule has 1 heterocycles. The zero-order chi connectivity index (χ0) is 25.0. The Balaban J connectivity index is 2.10. The van der Waals surface area contributed by atoms with E-state index >= 15 is 0 Å². The van der Waals surface area contributed by atoms with Crippen LogP contribution < -0.4 is 20.9 Å². The van der Waals surface area contributed by atoms with Gasteiger partial charge in [0.25, 0.3) is 11.5 Å². The highest BCUT2D eigenvalue weighted by molar-refractivity contribution is 9.10. The SMILES string of the molecule is CNC(=O)c1ccc(C)c(-n2c(CNC(C)=O)nc(OCc3ccc(F)cc3F)c(Br)c2=O)c1. The van der Waals surface area contributed by atoms with Crippen molar-refractivity contribution < 1.29 is 23.1 Å². The second-order valence-electron chi connectivity index (χ2n) is 7.30. The molecule has 0 aliphatic rings. The Hall–Kier alpha value is -3.60. The molecule has 11 heteroatoms. The number of benzene rings is 2. The summed E-state index contributed by atoms with van der Waals surface area (Å²) < 4.78 is 33.9. The van der Waals surface area contributed by atoms with Gasteiger partial charge in [0.1, 0.15) is 28.5 Å². The smallest absolute Gasteiger partial charge is 0.276 e. The predicted octanol–water partition coefficient (Wildman–Crippen LogP) is 3.16. The average Bonchev–Trinajstić information content (AvgIpc) is 2.80. The highest BCUT2D eigenvalue weighted by Crippen LogP contribution is 2.24. The van der Waals surface area contributed by atoms with E-state index in [1.807, 2.05) is 0 Å². The number of nitrogens with one attached hydrogen (secondary N) is 2. The van der Waals surface area contributed by atoms with Crippen LogP contribution in [0, 0.1) is 18.6 Å².